The van der Waals surface area contributed by atoms with E-state index in [1.807, 2.05) is 25.1 Å². The second kappa shape index (κ2) is 6.48. The van der Waals surface area contributed by atoms with Gasteiger partial charge in [0, 0.05) is 30.2 Å². The molecule has 100 valence electrons. The molecule has 0 unspecified atom stereocenters. The highest BCUT2D eigenvalue weighted by Gasteiger charge is 2.10. The first kappa shape index (κ1) is 13.7. The Morgan fingerprint density at radius 3 is 2.68 bits per heavy atom. The van der Waals surface area contributed by atoms with Crippen LogP contribution in [0.4, 0.5) is 5.95 Å². The number of alkyl halides is 1. The van der Waals surface area contributed by atoms with Gasteiger partial charge in [-0.2, -0.15) is 0 Å². The Balaban J connectivity index is 2.20. The first-order chi connectivity index (χ1) is 9.24. The Hall–Kier alpha value is -1.68. The molecule has 0 radical (unpaired) electrons. The molecule has 2 heterocycles. The molecule has 0 aliphatic heterocycles. The van der Waals surface area contributed by atoms with Gasteiger partial charge in [0.2, 0.25) is 5.95 Å². The summed E-state index contributed by atoms with van der Waals surface area (Å²) in [4.78, 5) is 15.3. The minimum Gasteiger partial charge on any atom is -0.335 e. The molecule has 0 atom stereocenters. The summed E-state index contributed by atoms with van der Waals surface area (Å²) in [6.45, 7) is 5.57. The van der Waals surface area contributed by atoms with Crippen LogP contribution < -0.4 is 4.90 Å². The Kier molecular flexibility index (Phi) is 4.68. The molecule has 0 saturated carbocycles. The van der Waals surface area contributed by atoms with Crippen LogP contribution in [-0.4, -0.2) is 21.5 Å². The molecule has 0 fully saturated rings. The molecule has 0 saturated heterocycles. The van der Waals surface area contributed by atoms with Gasteiger partial charge in [0.25, 0.3) is 0 Å². The average molecular weight is 277 g/mol. The zero-order chi connectivity index (χ0) is 13.7. The van der Waals surface area contributed by atoms with Gasteiger partial charge in [-0.15, -0.1) is 11.6 Å². The van der Waals surface area contributed by atoms with Crippen molar-refractivity contribution in [1.82, 2.24) is 15.0 Å². The zero-order valence-corrected chi connectivity index (χ0v) is 11.9. The quantitative estimate of drug-likeness (QED) is 0.788. The third-order valence-electron chi connectivity index (χ3n) is 2.96. The summed E-state index contributed by atoms with van der Waals surface area (Å²) in [6, 6.07) is 5.90. The lowest BCUT2D eigenvalue weighted by Gasteiger charge is -2.20. The molecule has 0 bridgehead atoms. The first-order valence-corrected chi connectivity index (χ1v) is 6.81. The van der Waals surface area contributed by atoms with Crippen LogP contribution in [-0.2, 0) is 12.4 Å². The molecule has 5 heteroatoms. The summed E-state index contributed by atoms with van der Waals surface area (Å²) in [5.41, 5.74) is 2.91. The van der Waals surface area contributed by atoms with Crippen LogP contribution in [0.5, 0.6) is 0 Å². The van der Waals surface area contributed by atoms with Crippen molar-refractivity contribution in [3.63, 3.8) is 0 Å². The van der Waals surface area contributed by atoms with Crippen LogP contribution in [0, 0.1) is 6.92 Å². The van der Waals surface area contributed by atoms with Crippen molar-refractivity contribution in [1.29, 1.82) is 0 Å². The summed E-state index contributed by atoms with van der Waals surface area (Å²) >= 11 is 5.82. The van der Waals surface area contributed by atoms with Crippen molar-refractivity contribution in [2.45, 2.75) is 26.3 Å². The van der Waals surface area contributed by atoms with Crippen molar-refractivity contribution in [3.05, 3.63) is 47.5 Å². The maximum Gasteiger partial charge on any atom is 0.225 e. The summed E-state index contributed by atoms with van der Waals surface area (Å²) in [5.74, 6) is 1.16. The highest BCUT2D eigenvalue weighted by Crippen LogP contribution is 2.14. The van der Waals surface area contributed by atoms with E-state index in [4.69, 9.17) is 11.6 Å². The van der Waals surface area contributed by atoms with Gasteiger partial charge in [-0.05, 0) is 26.0 Å². The van der Waals surface area contributed by atoms with E-state index in [1.54, 1.807) is 12.4 Å². The SMILES string of the molecule is CCN(Cc1ccccn1)c1ncc(CCl)c(C)n1. The minimum absolute atomic E-state index is 0.443. The molecule has 0 aromatic carbocycles. The molecule has 0 aliphatic carbocycles. The predicted molar refractivity (Wildman–Crippen MR) is 77.3 cm³/mol. The lowest BCUT2D eigenvalue weighted by molar-refractivity contribution is 0.769. The summed E-state index contributed by atoms with van der Waals surface area (Å²) in [7, 11) is 0. The lowest BCUT2D eigenvalue weighted by Crippen LogP contribution is -2.25. The number of aryl methyl sites for hydroxylation is 1. The van der Waals surface area contributed by atoms with Crippen LogP contribution in [0.15, 0.2) is 30.6 Å². The van der Waals surface area contributed by atoms with Crippen molar-refractivity contribution in [2.24, 2.45) is 0 Å². The van der Waals surface area contributed by atoms with E-state index in [2.05, 4.69) is 26.8 Å². The Bertz CT molecular complexity index is 530. The number of pyridine rings is 1. The smallest absolute Gasteiger partial charge is 0.225 e. The molecule has 0 amide bonds. The van der Waals surface area contributed by atoms with Crippen LogP contribution in [0.2, 0.25) is 0 Å². The minimum atomic E-state index is 0.443. The number of anilines is 1. The second-order valence-electron chi connectivity index (χ2n) is 4.25. The van der Waals surface area contributed by atoms with Crippen molar-refractivity contribution < 1.29 is 0 Å². The van der Waals surface area contributed by atoms with Gasteiger partial charge in [-0.1, -0.05) is 6.07 Å². The molecule has 0 aliphatic rings. The van der Waals surface area contributed by atoms with E-state index >= 15 is 0 Å². The Labute approximate surface area is 118 Å². The normalized spacial score (nSPS) is 10.5. The van der Waals surface area contributed by atoms with Crippen molar-refractivity contribution in [3.8, 4) is 0 Å². The van der Waals surface area contributed by atoms with E-state index in [1.165, 1.54) is 0 Å². The zero-order valence-electron chi connectivity index (χ0n) is 11.2. The standard InChI is InChI=1S/C14H17ClN4/c1-3-19(10-13-6-4-5-7-16-13)14-17-9-12(8-15)11(2)18-14/h4-7,9H,3,8,10H2,1-2H3. The van der Waals surface area contributed by atoms with Crippen LogP contribution in [0.25, 0.3) is 0 Å². The molecule has 4 nitrogen and oxygen atoms in total. The Morgan fingerprint density at radius 2 is 2.11 bits per heavy atom. The predicted octanol–water partition coefficient (Wildman–Crippen LogP) is 2.95. The fraction of sp³-hybridized carbons (Fsp3) is 0.357. The topological polar surface area (TPSA) is 41.9 Å². The first-order valence-electron chi connectivity index (χ1n) is 6.28. The molecular formula is C14H17ClN4. The van der Waals surface area contributed by atoms with E-state index in [0.29, 0.717) is 12.4 Å². The highest BCUT2D eigenvalue weighted by atomic mass is 35.5. The Morgan fingerprint density at radius 1 is 1.26 bits per heavy atom. The van der Waals surface area contributed by atoms with Gasteiger partial charge in [0.05, 0.1) is 18.1 Å². The molecule has 0 spiro atoms. The summed E-state index contributed by atoms with van der Waals surface area (Å²) in [6.07, 6.45) is 3.59. The molecule has 0 N–H and O–H groups in total. The number of rotatable bonds is 5. The third kappa shape index (κ3) is 3.41. The maximum absolute atomic E-state index is 5.82. The lowest BCUT2D eigenvalue weighted by atomic mass is 10.3. The average Bonchev–Trinajstić information content (AvgIpc) is 2.46. The van der Waals surface area contributed by atoms with Gasteiger partial charge in [0.15, 0.2) is 0 Å². The van der Waals surface area contributed by atoms with Crippen LogP contribution >= 0.6 is 11.6 Å². The van der Waals surface area contributed by atoms with Crippen LogP contribution in [0.1, 0.15) is 23.9 Å². The number of hydrogen-bond acceptors (Lipinski definition) is 4. The fourth-order valence-corrected chi connectivity index (χ4v) is 2.04. The fourth-order valence-electron chi connectivity index (χ4n) is 1.77. The van der Waals surface area contributed by atoms with Gasteiger partial charge in [-0.3, -0.25) is 4.98 Å². The molecule has 2 aromatic rings. The van der Waals surface area contributed by atoms with Gasteiger partial charge in [0.1, 0.15) is 0 Å². The molecular weight excluding hydrogens is 260 g/mol. The van der Waals surface area contributed by atoms with E-state index in [9.17, 15) is 0 Å². The number of hydrogen-bond donors (Lipinski definition) is 0. The molecule has 2 aromatic heterocycles. The summed E-state index contributed by atoms with van der Waals surface area (Å²) < 4.78 is 0. The van der Waals surface area contributed by atoms with Crippen molar-refractivity contribution in [2.75, 3.05) is 11.4 Å². The molecule has 2 rings (SSSR count). The van der Waals surface area contributed by atoms with E-state index < -0.39 is 0 Å². The summed E-state index contributed by atoms with van der Waals surface area (Å²) in [5, 5.41) is 0. The van der Waals surface area contributed by atoms with E-state index in [-0.39, 0.29) is 0 Å². The van der Waals surface area contributed by atoms with Gasteiger partial charge < -0.3 is 4.90 Å². The van der Waals surface area contributed by atoms with E-state index in [0.717, 1.165) is 29.4 Å². The van der Waals surface area contributed by atoms with Gasteiger partial charge >= 0.3 is 0 Å². The van der Waals surface area contributed by atoms with Gasteiger partial charge in [-0.25, -0.2) is 9.97 Å². The monoisotopic (exact) mass is 276 g/mol. The number of aromatic nitrogens is 3. The number of nitrogens with zero attached hydrogens (tertiary/aromatic N) is 4. The maximum atomic E-state index is 5.82. The largest absolute Gasteiger partial charge is 0.335 e. The van der Waals surface area contributed by atoms with Crippen molar-refractivity contribution >= 4 is 17.5 Å². The third-order valence-corrected chi connectivity index (χ3v) is 3.24. The number of halogens is 1. The van der Waals surface area contributed by atoms with Crippen LogP contribution in [0.3, 0.4) is 0 Å². The second-order valence-corrected chi connectivity index (χ2v) is 4.52. The highest BCUT2D eigenvalue weighted by molar-refractivity contribution is 6.17. The molecule has 19 heavy (non-hydrogen) atoms.